The lowest BCUT2D eigenvalue weighted by molar-refractivity contribution is -0.274. The van der Waals surface area contributed by atoms with Crippen LogP contribution in [0, 0.1) is 6.92 Å². The van der Waals surface area contributed by atoms with Gasteiger partial charge in [0, 0.05) is 12.6 Å². The van der Waals surface area contributed by atoms with Gasteiger partial charge in [-0.3, -0.25) is 4.79 Å². The van der Waals surface area contributed by atoms with Crippen LogP contribution in [-0.2, 0) is 11.3 Å². The molecule has 1 aromatic carbocycles. The smallest absolute Gasteiger partial charge is 0.462 e. The standard InChI is InChI=1S/C16H14F3NO3/c1-11-2-5-13(22-11)8-9-15(21)20-10-12-3-6-14(7-4-12)23-16(17,18)19/h2-9H,10H2,1H3,(H,20,21)/b9-8+. The fourth-order valence-corrected chi connectivity index (χ4v) is 1.76. The van der Waals surface area contributed by atoms with Crippen molar-refractivity contribution in [2.24, 2.45) is 0 Å². The normalized spacial score (nSPS) is 11.7. The summed E-state index contributed by atoms with van der Waals surface area (Å²) in [5.74, 6) is 0.660. The Kier molecular flexibility index (Phi) is 5.10. The minimum absolute atomic E-state index is 0.187. The number of carbonyl (C=O) groups excluding carboxylic acids is 1. The second-order valence-electron chi connectivity index (χ2n) is 4.69. The third-order valence-electron chi connectivity index (χ3n) is 2.78. The van der Waals surface area contributed by atoms with Crippen LogP contribution >= 0.6 is 0 Å². The molecule has 0 aliphatic rings. The van der Waals surface area contributed by atoms with Crippen LogP contribution in [0.15, 0.2) is 46.9 Å². The number of alkyl halides is 3. The summed E-state index contributed by atoms with van der Waals surface area (Å²) >= 11 is 0. The van der Waals surface area contributed by atoms with Gasteiger partial charge in [-0.05, 0) is 42.8 Å². The summed E-state index contributed by atoms with van der Waals surface area (Å²) in [5, 5.41) is 2.61. The van der Waals surface area contributed by atoms with E-state index in [1.165, 1.54) is 36.4 Å². The molecule has 4 nitrogen and oxygen atoms in total. The summed E-state index contributed by atoms with van der Waals surface area (Å²) in [6, 6.07) is 8.79. The number of ether oxygens (including phenoxy) is 1. The van der Waals surface area contributed by atoms with E-state index in [1.807, 2.05) is 0 Å². The topological polar surface area (TPSA) is 51.5 Å². The van der Waals surface area contributed by atoms with Crippen LogP contribution in [0.2, 0.25) is 0 Å². The predicted octanol–water partition coefficient (Wildman–Crippen LogP) is 3.82. The molecule has 0 radical (unpaired) electrons. The second-order valence-corrected chi connectivity index (χ2v) is 4.69. The number of hydrogen-bond donors (Lipinski definition) is 1. The molecule has 0 fully saturated rings. The number of halogens is 3. The molecular weight excluding hydrogens is 311 g/mol. The van der Waals surface area contributed by atoms with E-state index in [-0.39, 0.29) is 18.2 Å². The van der Waals surface area contributed by atoms with Gasteiger partial charge in [-0.1, -0.05) is 12.1 Å². The van der Waals surface area contributed by atoms with Crippen LogP contribution in [0.5, 0.6) is 5.75 Å². The Bertz CT molecular complexity index is 687. The van der Waals surface area contributed by atoms with Crippen LogP contribution in [0.3, 0.4) is 0 Å². The summed E-state index contributed by atoms with van der Waals surface area (Å²) in [7, 11) is 0. The fourth-order valence-electron chi connectivity index (χ4n) is 1.76. The van der Waals surface area contributed by atoms with Gasteiger partial charge in [0.05, 0.1) is 0 Å². The lowest BCUT2D eigenvalue weighted by Crippen LogP contribution is -2.20. The molecule has 1 heterocycles. The zero-order chi connectivity index (χ0) is 16.9. The molecule has 7 heteroatoms. The Hall–Kier alpha value is -2.70. The molecule has 0 atom stereocenters. The van der Waals surface area contributed by atoms with Gasteiger partial charge in [-0.25, -0.2) is 0 Å². The van der Waals surface area contributed by atoms with Gasteiger partial charge in [0.2, 0.25) is 5.91 Å². The maximum absolute atomic E-state index is 12.0. The van der Waals surface area contributed by atoms with Crippen molar-refractivity contribution in [2.75, 3.05) is 0 Å². The largest absolute Gasteiger partial charge is 0.573 e. The quantitative estimate of drug-likeness (QED) is 0.850. The highest BCUT2D eigenvalue weighted by Gasteiger charge is 2.30. The highest BCUT2D eigenvalue weighted by molar-refractivity contribution is 5.91. The number of carbonyl (C=O) groups is 1. The van der Waals surface area contributed by atoms with Gasteiger partial charge in [0.1, 0.15) is 17.3 Å². The van der Waals surface area contributed by atoms with Gasteiger partial charge in [0.15, 0.2) is 0 Å². The number of furan rings is 1. The van der Waals surface area contributed by atoms with Crippen molar-refractivity contribution in [3.05, 3.63) is 59.6 Å². The van der Waals surface area contributed by atoms with E-state index in [0.29, 0.717) is 11.3 Å². The molecule has 1 N–H and O–H groups in total. The minimum atomic E-state index is -4.72. The van der Waals surface area contributed by atoms with Gasteiger partial charge in [-0.15, -0.1) is 13.2 Å². The molecule has 23 heavy (non-hydrogen) atoms. The molecule has 0 saturated heterocycles. The number of amides is 1. The second kappa shape index (κ2) is 7.04. The molecule has 0 unspecified atom stereocenters. The number of rotatable bonds is 5. The number of benzene rings is 1. The monoisotopic (exact) mass is 325 g/mol. The number of hydrogen-bond acceptors (Lipinski definition) is 3. The van der Waals surface area contributed by atoms with Crippen LogP contribution in [0.4, 0.5) is 13.2 Å². The Morgan fingerprint density at radius 1 is 1.22 bits per heavy atom. The third kappa shape index (κ3) is 5.90. The molecule has 0 bridgehead atoms. The van der Waals surface area contributed by atoms with Crippen molar-refractivity contribution in [1.82, 2.24) is 5.32 Å². The molecule has 0 saturated carbocycles. The first-order valence-electron chi connectivity index (χ1n) is 6.69. The summed E-state index contributed by atoms with van der Waals surface area (Å²) in [6.07, 6.45) is -1.87. The zero-order valence-corrected chi connectivity index (χ0v) is 12.2. The molecule has 0 spiro atoms. The molecule has 122 valence electrons. The Balaban J connectivity index is 1.83. The van der Waals surface area contributed by atoms with Crippen molar-refractivity contribution in [2.45, 2.75) is 19.8 Å². The molecule has 0 aliphatic heterocycles. The SMILES string of the molecule is Cc1ccc(/C=C/C(=O)NCc2ccc(OC(F)(F)F)cc2)o1. The average molecular weight is 325 g/mol. The maximum atomic E-state index is 12.0. The van der Waals surface area contributed by atoms with Crippen molar-refractivity contribution in [3.63, 3.8) is 0 Å². The summed E-state index contributed by atoms with van der Waals surface area (Å²) in [6.45, 7) is 1.98. The van der Waals surface area contributed by atoms with Crippen LogP contribution in [0.25, 0.3) is 6.08 Å². The highest BCUT2D eigenvalue weighted by atomic mass is 19.4. The van der Waals surface area contributed by atoms with E-state index in [1.54, 1.807) is 19.1 Å². The first kappa shape index (κ1) is 16.7. The first-order chi connectivity index (χ1) is 10.8. The first-order valence-corrected chi connectivity index (χ1v) is 6.69. The average Bonchev–Trinajstić information content (AvgIpc) is 2.88. The summed E-state index contributed by atoms with van der Waals surface area (Å²) in [4.78, 5) is 11.6. The Morgan fingerprint density at radius 3 is 2.48 bits per heavy atom. The summed E-state index contributed by atoms with van der Waals surface area (Å²) < 4.78 is 45.1. The fraction of sp³-hybridized carbons (Fsp3) is 0.188. The van der Waals surface area contributed by atoms with E-state index < -0.39 is 6.36 Å². The van der Waals surface area contributed by atoms with E-state index in [0.717, 1.165) is 5.76 Å². The lowest BCUT2D eigenvalue weighted by atomic mass is 10.2. The van der Waals surface area contributed by atoms with E-state index in [9.17, 15) is 18.0 Å². The van der Waals surface area contributed by atoms with E-state index in [2.05, 4.69) is 10.1 Å². The predicted molar refractivity (Wildman–Crippen MR) is 77.5 cm³/mol. The van der Waals surface area contributed by atoms with Crippen molar-refractivity contribution < 1.29 is 27.1 Å². The van der Waals surface area contributed by atoms with Gasteiger partial charge in [0.25, 0.3) is 0 Å². The van der Waals surface area contributed by atoms with Crippen LogP contribution in [0.1, 0.15) is 17.1 Å². The van der Waals surface area contributed by atoms with Gasteiger partial charge >= 0.3 is 6.36 Å². The molecule has 2 aromatic rings. The van der Waals surface area contributed by atoms with Gasteiger partial charge < -0.3 is 14.5 Å². The van der Waals surface area contributed by atoms with E-state index >= 15 is 0 Å². The lowest BCUT2D eigenvalue weighted by Gasteiger charge is -2.09. The van der Waals surface area contributed by atoms with Crippen molar-refractivity contribution in [3.8, 4) is 5.75 Å². The molecule has 2 rings (SSSR count). The number of nitrogens with one attached hydrogen (secondary N) is 1. The maximum Gasteiger partial charge on any atom is 0.573 e. The molecule has 0 aliphatic carbocycles. The zero-order valence-electron chi connectivity index (χ0n) is 12.2. The highest BCUT2D eigenvalue weighted by Crippen LogP contribution is 2.22. The summed E-state index contributed by atoms with van der Waals surface area (Å²) in [5.41, 5.74) is 0.648. The Labute approximate surface area is 130 Å². The molecule has 1 amide bonds. The number of aryl methyl sites for hydroxylation is 1. The molecule has 1 aromatic heterocycles. The van der Waals surface area contributed by atoms with Crippen LogP contribution < -0.4 is 10.1 Å². The van der Waals surface area contributed by atoms with E-state index in [4.69, 9.17) is 4.42 Å². The van der Waals surface area contributed by atoms with Gasteiger partial charge in [-0.2, -0.15) is 0 Å². The van der Waals surface area contributed by atoms with Crippen LogP contribution in [-0.4, -0.2) is 12.3 Å². The minimum Gasteiger partial charge on any atom is -0.462 e. The molecular formula is C16H14F3NO3. The third-order valence-corrected chi connectivity index (χ3v) is 2.78. The van der Waals surface area contributed by atoms with Crippen molar-refractivity contribution >= 4 is 12.0 Å². The van der Waals surface area contributed by atoms with Crippen molar-refractivity contribution in [1.29, 1.82) is 0 Å². The Morgan fingerprint density at radius 2 is 1.91 bits per heavy atom.